The van der Waals surface area contributed by atoms with Crippen LogP contribution in [0, 0.1) is 0 Å². The minimum atomic E-state index is -0.0325. The summed E-state index contributed by atoms with van der Waals surface area (Å²) in [6.45, 7) is 0. The van der Waals surface area contributed by atoms with Gasteiger partial charge in [-0.2, -0.15) is 11.8 Å². The van der Waals surface area contributed by atoms with E-state index in [2.05, 4.69) is 16.5 Å². The minimum Gasteiger partial charge on any atom is -0.321 e. The van der Waals surface area contributed by atoms with Crippen LogP contribution in [0.25, 0.3) is 5.65 Å². The fourth-order valence-electron chi connectivity index (χ4n) is 1.49. The van der Waals surface area contributed by atoms with Gasteiger partial charge in [0.1, 0.15) is 0 Å². The molecular formula is C10H14N4S. The van der Waals surface area contributed by atoms with E-state index in [9.17, 15) is 0 Å². The van der Waals surface area contributed by atoms with Gasteiger partial charge >= 0.3 is 0 Å². The molecule has 2 rings (SSSR count). The lowest BCUT2D eigenvalue weighted by atomic mass is 10.2. The fraction of sp³-hybridized carbons (Fsp3) is 0.400. The average molecular weight is 222 g/mol. The molecule has 0 spiro atoms. The molecule has 1 atom stereocenters. The SMILES string of the molecule is CSCC[C@@H](N)c1nnc2ccccn12. The molecule has 15 heavy (non-hydrogen) atoms. The first-order chi connectivity index (χ1) is 7.33. The zero-order valence-electron chi connectivity index (χ0n) is 8.63. The number of thioether (sulfide) groups is 1. The van der Waals surface area contributed by atoms with Crippen LogP contribution < -0.4 is 5.73 Å². The first kappa shape index (κ1) is 10.4. The third-order valence-corrected chi connectivity index (χ3v) is 2.95. The molecule has 5 heteroatoms. The van der Waals surface area contributed by atoms with E-state index in [-0.39, 0.29) is 6.04 Å². The van der Waals surface area contributed by atoms with Crippen molar-refractivity contribution in [3.63, 3.8) is 0 Å². The van der Waals surface area contributed by atoms with Gasteiger partial charge in [0.15, 0.2) is 11.5 Å². The first-order valence-corrected chi connectivity index (χ1v) is 6.26. The molecular weight excluding hydrogens is 208 g/mol. The third kappa shape index (κ3) is 2.13. The van der Waals surface area contributed by atoms with Gasteiger partial charge in [-0.1, -0.05) is 6.07 Å². The van der Waals surface area contributed by atoms with Crippen LogP contribution in [0.2, 0.25) is 0 Å². The van der Waals surface area contributed by atoms with Crippen molar-refractivity contribution in [1.82, 2.24) is 14.6 Å². The molecule has 2 N–H and O–H groups in total. The van der Waals surface area contributed by atoms with Crippen LogP contribution in [0.4, 0.5) is 0 Å². The number of nitrogens with two attached hydrogens (primary N) is 1. The van der Waals surface area contributed by atoms with Gasteiger partial charge in [0.25, 0.3) is 0 Å². The van der Waals surface area contributed by atoms with E-state index >= 15 is 0 Å². The predicted molar refractivity (Wildman–Crippen MR) is 62.9 cm³/mol. The third-order valence-electron chi connectivity index (χ3n) is 2.30. The monoisotopic (exact) mass is 222 g/mol. The van der Waals surface area contributed by atoms with Crippen LogP contribution in [0.1, 0.15) is 18.3 Å². The second kappa shape index (κ2) is 4.63. The maximum Gasteiger partial charge on any atom is 0.160 e. The summed E-state index contributed by atoms with van der Waals surface area (Å²) in [5.74, 6) is 1.89. The number of aromatic nitrogens is 3. The van der Waals surface area contributed by atoms with E-state index in [1.54, 1.807) is 11.8 Å². The van der Waals surface area contributed by atoms with Crippen LogP contribution >= 0.6 is 11.8 Å². The fourth-order valence-corrected chi connectivity index (χ4v) is 1.98. The van der Waals surface area contributed by atoms with E-state index < -0.39 is 0 Å². The molecule has 0 unspecified atom stereocenters. The van der Waals surface area contributed by atoms with Crippen molar-refractivity contribution in [3.8, 4) is 0 Å². The zero-order chi connectivity index (χ0) is 10.7. The molecule has 4 nitrogen and oxygen atoms in total. The van der Waals surface area contributed by atoms with Crippen LogP contribution in [-0.4, -0.2) is 26.6 Å². The van der Waals surface area contributed by atoms with Crippen molar-refractivity contribution in [2.75, 3.05) is 12.0 Å². The summed E-state index contributed by atoms with van der Waals surface area (Å²) >= 11 is 1.80. The number of hydrogen-bond donors (Lipinski definition) is 1. The maximum atomic E-state index is 6.05. The Morgan fingerprint density at radius 2 is 2.33 bits per heavy atom. The smallest absolute Gasteiger partial charge is 0.160 e. The van der Waals surface area contributed by atoms with Crippen LogP contribution in [0.15, 0.2) is 24.4 Å². The Bertz CT molecular complexity index is 440. The zero-order valence-corrected chi connectivity index (χ0v) is 9.44. The molecule has 2 aromatic heterocycles. The standard InChI is InChI=1S/C10H14N4S/c1-15-7-5-8(11)10-13-12-9-4-2-3-6-14(9)10/h2-4,6,8H,5,7,11H2,1H3/t8-/m1/s1. The molecule has 2 heterocycles. The molecule has 80 valence electrons. The van der Waals surface area contributed by atoms with E-state index in [0.29, 0.717) is 0 Å². The summed E-state index contributed by atoms with van der Waals surface area (Å²) in [7, 11) is 0. The van der Waals surface area contributed by atoms with Gasteiger partial charge in [-0.15, -0.1) is 10.2 Å². The highest BCUT2D eigenvalue weighted by molar-refractivity contribution is 7.98. The summed E-state index contributed by atoms with van der Waals surface area (Å²) < 4.78 is 1.95. The Morgan fingerprint density at radius 1 is 1.47 bits per heavy atom. The lowest BCUT2D eigenvalue weighted by Gasteiger charge is -2.08. The molecule has 0 aliphatic heterocycles. The van der Waals surface area contributed by atoms with Gasteiger partial charge in [0, 0.05) is 6.20 Å². The lowest BCUT2D eigenvalue weighted by Crippen LogP contribution is -2.14. The van der Waals surface area contributed by atoms with Crippen molar-refractivity contribution < 1.29 is 0 Å². The van der Waals surface area contributed by atoms with Crippen molar-refractivity contribution >= 4 is 17.4 Å². The maximum absolute atomic E-state index is 6.05. The summed E-state index contributed by atoms with van der Waals surface area (Å²) in [6, 6.07) is 5.80. The van der Waals surface area contributed by atoms with E-state index in [1.807, 2.05) is 28.8 Å². The van der Waals surface area contributed by atoms with Gasteiger partial charge in [0.05, 0.1) is 6.04 Å². The van der Waals surface area contributed by atoms with Crippen LogP contribution in [0.5, 0.6) is 0 Å². The molecule has 0 saturated carbocycles. The minimum absolute atomic E-state index is 0.0325. The molecule has 0 fully saturated rings. The molecule has 0 amide bonds. The average Bonchev–Trinajstić information content (AvgIpc) is 2.69. The lowest BCUT2D eigenvalue weighted by molar-refractivity contribution is 0.646. The normalized spacial score (nSPS) is 13.2. The van der Waals surface area contributed by atoms with Gasteiger partial charge in [-0.25, -0.2) is 0 Å². The highest BCUT2D eigenvalue weighted by Crippen LogP contribution is 2.14. The molecule has 0 radical (unpaired) electrons. The van der Waals surface area contributed by atoms with Crippen LogP contribution in [0.3, 0.4) is 0 Å². The summed E-state index contributed by atoms with van der Waals surface area (Å²) in [5, 5.41) is 8.20. The van der Waals surface area contributed by atoms with Crippen molar-refractivity contribution in [3.05, 3.63) is 30.2 Å². The number of pyridine rings is 1. The number of rotatable bonds is 4. The molecule has 0 aliphatic carbocycles. The Balaban J connectivity index is 2.27. The van der Waals surface area contributed by atoms with Gasteiger partial charge < -0.3 is 5.73 Å². The largest absolute Gasteiger partial charge is 0.321 e. The second-order valence-electron chi connectivity index (χ2n) is 3.38. The summed E-state index contributed by atoms with van der Waals surface area (Å²) in [4.78, 5) is 0. The van der Waals surface area contributed by atoms with Gasteiger partial charge in [-0.3, -0.25) is 4.40 Å². The number of nitrogens with zero attached hydrogens (tertiary/aromatic N) is 3. The van der Waals surface area contributed by atoms with Gasteiger partial charge in [-0.05, 0) is 30.6 Å². The quantitative estimate of drug-likeness (QED) is 0.851. The summed E-state index contributed by atoms with van der Waals surface area (Å²) in [6.07, 6.45) is 4.95. The number of fused-ring (bicyclic) bond motifs is 1. The molecule has 0 bridgehead atoms. The molecule has 0 saturated heterocycles. The van der Waals surface area contributed by atoms with Crippen LogP contribution in [-0.2, 0) is 0 Å². The Hall–Kier alpha value is -1.07. The summed E-state index contributed by atoms with van der Waals surface area (Å²) in [5.41, 5.74) is 6.91. The Morgan fingerprint density at radius 3 is 3.13 bits per heavy atom. The van der Waals surface area contributed by atoms with E-state index in [1.165, 1.54) is 0 Å². The van der Waals surface area contributed by atoms with E-state index in [4.69, 9.17) is 5.73 Å². The topological polar surface area (TPSA) is 56.2 Å². The molecule has 0 aliphatic rings. The number of hydrogen-bond acceptors (Lipinski definition) is 4. The van der Waals surface area contributed by atoms with Crippen molar-refractivity contribution in [2.24, 2.45) is 5.73 Å². The van der Waals surface area contributed by atoms with Gasteiger partial charge in [0.2, 0.25) is 0 Å². The second-order valence-corrected chi connectivity index (χ2v) is 4.36. The highest BCUT2D eigenvalue weighted by Gasteiger charge is 2.12. The predicted octanol–water partition coefficient (Wildman–Crippen LogP) is 1.48. The highest BCUT2D eigenvalue weighted by atomic mass is 32.2. The first-order valence-electron chi connectivity index (χ1n) is 4.87. The van der Waals surface area contributed by atoms with Crippen molar-refractivity contribution in [1.29, 1.82) is 0 Å². The molecule has 2 aromatic rings. The Kier molecular flexibility index (Phi) is 3.23. The molecule has 0 aromatic carbocycles. The van der Waals surface area contributed by atoms with E-state index in [0.717, 1.165) is 23.6 Å². The Labute approximate surface area is 92.9 Å². The van der Waals surface area contributed by atoms with Crippen molar-refractivity contribution in [2.45, 2.75) is 12.5 Å².